The lowest BCUT2D eigenvalue weighted by Crippen LogP contribution is -2.13. The van der Waals surface area contributed by atoms with Crippen LogP contribution in [0.5, 0.6) is 0 Å². The first-order chi connectivity index (χ1) is 11.6. The zero-order valence-electron chi connectivity index (χ0n) is 12.5. The highest BCUT2D eigenvalue weighted by Gasteiger charge is 2.12. The van der Waals surface area contributed by atoms with Gasteiger partial charge < -0.3 is 15.8 Å². The third-order valence-corrected chi connectivity index (χ3v) is 4.63. The van der Waals surface area contributed by atoms with Gasteiger partial charge in [0.2, 0.25) is 0 Å². The Hall–Kier alpha value is -2.80. The van der Waals surface area contributed by atoms with E-state index in [9.17, 15) is 9.18 Å². The lowest BCUT2D eigenvalue weighted by molar-refractivity contribution is 0.629. The number of benzene rings is 1. The van der Waals surface area contributed by atoms with Gasteiger partial charge in [0.15, 0.2) is 0 Å². The summed E-state index contributed by atoms with van der Waals surface area (Å²) in [7, 11) is 0. The van der Waals surface area contributed by atoms with Crippen LogP contribution >= 0.6 is 11.8 Å². The molecule has 3 aromatic rings. The molecule has 0 saturated heterocycles. The molecule has 0 aliphatic rings. The second-order valence-electron chi connectivity index (χ2n) is 5.01. The number of rotatable bonds is 5. The zero-order chi connectivity index (χ0) is 17.1. The van der Waals surface area contributed by atoms with Crippen LogP contribution in [0.25, 0.3) is 10.8 Å². The molecule has 0 aliphatic carbocycles. The van der Waals surface area contributed by atoms with Gasteiger partial charge in [0.25, 0.3) is 5.56 Å². The monoisotopic (exact) mass is 340 g/mol. The van der Waals surface area contributed by atoms with Crippen LogP contribution in [0, 0.1) is 16.6 Å². The largest absolute Gasteiger partial charge is 0.316 e. The summed E-state index contributed by atoms with van der Waals surface area (Å²) in [5, 5.41) is 16.4. The first kappa shape index (κ1) is 16.1. The maximum absolute atomic E-state index is 13.6. The second kappa shape index (κ2) is 6.76. The van der Waals surface area contributed by atoms with Crippen molar-refractivity contribution in [2.75, 3.05) is 0 Å². The van der Waals surface area contributed by atoms with E-state index in [1.165, 1.54) is 36.2 Å². The van der Waals surface area contributed by atoms with Gasteiger partial charge in [0.1, 0.15) is 5.82 Å². The molecule has 2 aromatic heterocycles. The lowest BCUT2D eigenvalue weighted by Gasteiger charge is -2.09. The van der Waals surface area contributed by atoms with E-state index in [-0.39, 0.29) is 11.1 Å². The van der Waals surface area contributed by atoms with Crippen LogP contribution in [0.2, 0.25) is 0 Å². The number of nitrogens with one attached hydrogen (secondary N) is 3. The fraction of sp³-hybridized carbons (Fsp3) is 0.0588. The van der Waals surface area contributed by atoms with E-state index in [1.807, 2.05) is 6.07 Å². The van der Waals surface area contributed by atoms with Crippen LogP contribution in [-0.2, 0) is 5.75 Å². The summed E-state index contributed by atoms with van der Waals surface area (Å²) in [6.07, 6.45) is 3.76. The van der Waals surface area contributed by atoms with E-state index in [4.69, 9.17) is 10.8 Å². The van der Waals surface area contributed by atoms with Crippen LogP contribution < -0.4 is 5.56 Å². The predicted molar refractivity (Wildman–Crippen MR) is 94.1 cm³/mol. The molecule has 0 aliphatic heterocycles. The number of nitrogens with zero attached hydrogens (tertiary/aromatic N) is 1. The summed E-state index contributed by atoms with van der Waals surface area (Å²) in [5.74, 6) is 0.0678. The third-order valence-electron chi connectivity index (χ3n) is 3.57. The van der Waals surface area contributed by atoms with Crippen molar-refractivity contribution in [2.45, 2.75) is 10.8 Å². The molecule has 0 spiro atoms. The minimum absolute atomic E-state index is 0.205. The molecule has 0 bridgehead atoms. The molecule has 1 aromatic carbocycles. The average molecular weight is 340 g/mol. The van der Waals surface area contributed by atoms with Gasteiger partial charge in [-0.1, -0.05) is 12.1 Å². The molecule has 3 N–H and O–H groups in total. The van der Waals surface area contributed by atoms with Crippen molar-refractivity contribution in [3.8, 4) is 0 Å². The molecule has 24 heavy (non-hydrogen) atoms. The molecular weight excluding hydrogens is 327 g/mol. The van der Waals surface area contributed by atoms with E-state index in [0.717, 1.165) is 11.8 Å². The Labute approximate surface area is 141 Å². The molecule has 0 amide bonds. The molecular formula is C17H13FN4OS. The van der Waals surface area contributed by atoms with Crippen molar-refractivity contribution in [3.63, 3.8) is 0 Å². The highest BCUT2D eigenvalue weighted by atomic mass is 32.2. The summed E-state index contributed by atoms with van der Waals surface area (Å²) in [5.41, 5.74) is 1.22. The van der Waals surface area contributed by atoms with Crippen molar-refractivity contribution < 1.29 is 4.39 Å². The summed E-state index contributed by atoms with van der Waals surface area (Å²) in [6, 6.07) is 7.77. The quantitative estimate of drug-likeness (QED) is 0.491. The standard InChI is InChI=1S/C17H13FN4OS/c18-11-3-4-12-13(6-11)17(22-16(23)14(12)7-19)24-9-10-2-1-5-21-15(10)8-20/h1-8,19-20H,9H2,(H,22,23). The molecule has 0 saturated carbocycles. The van der Waals surface area contributed by atoms with Crippen molar-refractivity contribution >= 4 is 35.0 Å². The SMILES string of the molecule is N=Cc1ncccc1CSc1[nH]c(=O)c(C=N)c2ccc(F)cc12. The zero-order valence-corrected chi connectivity index (χ0v) is 13.3. The molecule has 7 heteroatoms. The summed E-state index contributed by atoms with van der Waals surface area (Å²) < 4.78 is 13.6. The van der Waals surface area contributed by atoms with E-state index >= 15 is 0 Å². The molecule has 5 nitrogen and oxygen atoms in total. The van der Waals surface area contributed by atoms with Crippen molar-refractivity contribution in [2.24, 2.45) is 0 Å². The Morgan fingerprint density at radius 2 is 2.04 bits per heavy atom. The number of aromatic nitrogens is 2. The Bertz CT molecular complexity index is 1000. The van der Waals surface area contributed by atoms with Crippen LogP contribution in [0.4, 0.5) is 4.39 Å². The van der Waals surface area contributed by atoms with E-state index in [0.29, 0.717) is 27.2 Å². The molecule has 3 rings (SSSR count). The number of H-pyrrole nitrogens is 1. The van der Waals surface area contributed by atoms with Crippen LogP contribution in [0.3, 0.4) is 0 Å². The van der Waals surface area contributed by atoms with E-state index in [1.54, 1.807) is 12.3 Å². The number of thioether (sulfide) groups is 1. The Balaban J connectivity index is 2.06. The first-order valence-electron chi connectivity index (χ1n) is 7.07. The lowest BCUT2D eigenvalue weighted by atomic mass is 10.1. The van der Waals surface area contributed by atoms with Crippen LogP contribution in [-0.4, -0.2) is 22.4 Å². The van der Waals surface area contributed by atoms with Gasteiger partial charge in [0, 0.05) is 29.8 Å². The summed E-state index contributed by atoms with van der Waals surface area (Å²) >= 11 is 1.33. The van der Waals surface area contributed by atoms with Gasteiger partial charge >= 0.3 is 0 Å². The van der Waals surface area contributed by atoms with E-state index < -0.39 is 5.82 Å². The maximum Gasteiger partial charge on any atom is 0.258 e. The number of aromatic amines is 1. The normalized spacial score (nSPS) is 10.7. The topological polar surface area (TPSA) is 93.4 Å². The van der Waals surface area contributed by atoms with Crippen LogP contribution in [0.15, 0.2) is 46.3 Å². The summed E-state index contributed by atoms with van der Waals surface area (Å²) in [6.45, 7) is 0. The first-order valence-corrected chi connectivity index (χ1v) is 8.05. The van der Waals surface area contributed by atoms with Gasteiger partial charge in [-0.2, -0.15) is 0 Å². The Morgan fingerprint density at radius 3 is 2.79 bits per heavy atom. The highest BCUT2D eigenvalue weighted by Crippen LogP contribution is 2.29. The van der Waals surface area contributed by atoms with Gasteiger partial charge in [-0.3, -0.25) is 9.78 Å². The third kappa shape index (κ3) is 2.98. The number of fused-ring (bicyclic) bond motifs is 1. The fourth-order valence-corrected chi connectivity index (χ4v) is 3.44. The van der Waals surface area contributed by atoms with Crippen molar-refractivity contribution in [1.29, 1.82) is 10.8 Å². The number of pyridine rings is 2. The molecule has 0 radical (unpaired) electrons. The Morgan fingerprint density at radius 1 is 1.21 bits per heavy atom. The molecule has 120 valence electrons. The van der Waals surface area contributed by atoms with Crippen molar-refractivity contribution in [3.05, 3.63) is 69.5 Å². The molecule has 2 heterocycles. The van der Waals surface area contributed by atoms with Crippen LogP contribution in [0.1, 0.15) is 16.8 Å². The summed E-state index contributed by atoms with van der Waals surface area (Å²) in [4.78, 5) is 19.0. The molecule has 0 fully saturated rings. The Kier molecular flexibility index (Phi) is 4.52. The minimum atomic E-state index is -0.408. The van der Waals surface area contributed by atoms with Crippen molar-refractivity contribution in [1.82, 2.24) is 9.97 Å². The van der Waals surface area contributed by atoms with E-state index in [2.05, 4.69) is 9.97 Å². The number of hydrogen-bond acceptors (Lipinski definition) is 5. The average Bonchev–Trinajstić information content (AvgIpc) is 2.60. The number of hydrogen-bond donors (Lipinski definition) is 3. The van der Waals surface area contributed by atoms with Gasteiger partial charge in [-0.25, -0.2) is 4.39 Å². The molecule has 0 unspecified atom stereocenters. The smallest absolute Gasteiger partial charge is 0.258 e. The maximum atomic E-state index is 13.6. The van der Waals surface area contributed by atoms with Gasteiger partial charge in [-0.05, 0) is 29.1 Å². The molecule has 0 atom stereocenters. The highest BCUT2D eigenvalue weighted by molar-refractivity contribution is 7.98. The minimum Gasteiger partial charge on any atom is -0.316 e. The predicted octanol–water partition coefficient (Wildman–Crippen LogP) is 3.35. The van der Waals surface area contributed by atoms with Gasteiger partial charge in [-0.15, -0.1) is 11.8 Å². The fourth-order valence-electron chi connectivity index (χ4n) is 2.41. The number of halogens is 1. The van der Waals surface area contributed by atoms with Gasteiger partial charge in [0.05, 0.1) is 16.3 Å². The second-order valence-corrected chi connectivity index (χ2v) is 6.00.